The molecular formula is C19H33O6PSSi. The molecule has 0 saturated carbocycles. The maximum atomic E-state index is 12.9. The van der Waals surface area contributed by atoms with Crippen molar-refractivity contribution in [2.45, 2.75) is 56.8 Å². The van der Waals surface area contributed by atoms with Crippen molar-refractivity contribution >= 4 is 32.5 Å². The molecule has 0 heterocycles. The zero-order chi connectivity index (χ0) is 21.8. The molecule has 0 radical (unpaired) electrons. The molecule has 0 aromatic heterocycles. The van der Waals surface area contributed by atoms with Gasteiger partial charge >= 0.3 is 7.60 Å². The molecule has 28 heavy (non-hydrogen) atoms. The Labute approximate surface area is 172 Å². The molecule has 0 spiro atoms. The van der Waals surface area contributed by atoms with Crippen LogP contribution in [0.5, 0.6) is 0 Å². The van der Waals surface area contributed by atoms with Crippen LogP contribution in [0.3, 0.4) is 0 Å². The largest absolute Gasteiger partial charge is 0.406 e. The van der Waals surface area contributed by atoms with Crippen LogP contribution in [0.1, 0.15) is 26.3 Å². The van der Waals surface area contributed by atoms with E-state index in [0.717, 1.165) is 5.56 Å². The molecule has 0 aliphatic carbocycles. The smallest absolute Gasteiger partial charge is 0.337 e. The zero-order valence-electron chi connectivity index (χ0n) is 18.1. The minimum absolute atomic E-state index is 0.00182. The lowest BCUT2D eigenvalue weighted by atomic mass is 10.2. The molecule has 0 bridgehead atoms. The third-order valence-corrected chi connectivity index (χ3v) is 12.8. The minimum Gasteiger partial charge on any atom is -0.406 e. The van der Waals surface area contributed by atoms with E-state index in [1.54, 1.807) is 12.1 Å². The average molecular weight is 449 g/mol. The summed E-state index contributed by atoms with van der Waals surface area (Å²) in [6, 6.07) is 7.33. The molecule has 6 nitrogen and oxygen atoms in total. The highest BCUT2D eigenvalue weighted by Crippen LogP contribution is 2.46. The lowest BCUT2D eigenvalue weighted by Crippen LogP contribution is -2.48. The summed E-state index contributed by atoms with van der Waals surface area (Å²) in [5.41, 5.74) is 1.06. The number of rotatable bonds is 10. The average Bonchev–Trinajstić information content (AvgIpc) is 2.60. The van der Waals surface area contributed by atoms with Gasteiger partial charge in [0.1, 0.15) is 12.3 Å². The maximum Gasteiger partial charge on any atom is 0.337 e. The number of Topliss-reactive ketones (excluding diaryl/α,β-unsaturated/α-hetero) is 1. The van der Waals surface area contributed by atoms with Gasteiger partial charge in [-0.2, -0.15) is 0 Å². The fourth-order valence-electron chi connectivity index (χ4n) is 2.15. The Bertz CT molecular complexity index is 734. The molecule has 0 aliphatic rings. The molecule has 1 rings (SSSR count). The molecule has 0 N–H and O–H groups in total. The van der Waals surface area contributed by atoms with Crippen molar-refractivity contribution in [1.29, 1.82) is 0 Å². The van der Waals surface area contributed by atoms with Gasteiger partial charge in [-0.15, -0.1) is 0 Å². The summed E-state index contributed by atoms with van der Waals surface area (Å²) in [6.07, 6.45) is -1.36. The Morgan fingerprint density at radius 2 is 1.64 bits per heavy atom. The van der Waals surface area contributed by atoms with Gasteiger partial charge in [0.05, 0.1) is 16.6 Å². The molecule has 9 heteroatoms. The maximum absolute atomic E-state index is 12.9. The van der Waals surface area contributed by atoms with E-state index < -0.39 is 44.8 Å². The van der Waals surface area contributed by atoms with Crippen LogP contribution in [0.2, 0.25) is 18.1 Å². The first-order chi connectivity index (χ1) is 12.7. The van der Waals surface area contributed by atoms with E-state index in [1.807, 2.05) is 32.2 Å². The molecular weight excluding hydrogens is 415 g/mol. The number of hydrogen-bond donors (Lipinski definition) is 0. The summed E-state index contributed by atoms with van der Waals surface area (Å²) < 4.78 is 41.4. The summed E-state index contributed by atoms with van der Waals surface area (Å²) in [6.45, 7) is 12.2. The number of ketones is 1. The van der Waals surface area contributed by atoms with E-state index >= 15 is 0 Å². The monoisotopic (exact) mass is 448 g/mol. The molecule has 0 saturated heterocycles. The van der Waals surface area contributed by atoms with Crippen molar-refractivity contribution in [2.24, 2.45) is 0 Å². The number of hydrogen-bond acceptors (Lipinski definition) is 6. The Kier molecular flexibility index (Phi) is 9.00. The van der Waals surface area contributed by atoms with Crippen molar-refractivity contribution in [3.63, 3.8) is 0 Å². The highest BCUT2D eigenvalue weighted by molar-refractivity contribution is 7.85. The Morgan fingerprint density at radius 3 is 2.07 bits per heavy atom. The summed E-state index contributed by atoms with van der Waals surface area (Å²) >= 11 is 0. The van der Waals surface area contributed by atoms with E-state index in [-0.39, 0.29) is 10.8 Å². The van der Waals surface area contributed by atoms with Crippen LogP contribution < -0.4 is 0 Å². The predicted octanol–water partition coefficient (Wildman–Crippen LogP) is 4.55. The highest BCUT2D eigenvalue weighted by Gasteiger charge is 2.42. The Balaban J connectivity index is 3.13. The summed E-state index contributed by atoms with van der Waals surface area (Å²) in [7, 11) is -4.81. The fourth-order valence-corrected chi connectivity index (χ4v) is 5.70. The fraction of sp³-hybridized carbons (Fsp3) is 0.632. The van der Waals surface area contributed by atoms with Gasteiger partial charge in [0.15, 0.2) is 14.1 Å². The second-order valence-corrected chi connectivity index (χ2v) is 16.8. The Hall–Kier alpha value is -0.633. The van der Waals surface area contributed by atoms with Crippen LogP contribution in [-0.2, 0) is 33.6 Å². The van der Waals surface area contributed by atoms with E-state index in [1.165, 1.54) is 14.2 Å². The molecule has 1 aromatic rings. The quantitative estimate of drug-likeness (QED) is 0.386. The number of carbonyl (C=O) groups is 1. The minimum atomic E-state index is -3.53. The van der Waals surface area contributed by atoms with E-state index in [0.29, 0.717) is 4.90 Å². The second-order valence-electron chi connectivity index (χ2n) is 8.29. The number of aryl methyl sites for hydroxylation is 1. The lowest BCUT2D eigenvalue weighted by molar-refractivity contribution is -0.123. The normalized spacial score (nSPS) is 15.3. The molecule has 2 atom stereocenters. The van der Waals surface area contributed by atoms with E-state index in [4.69, 9.17) is 13.5 Å². The molecule has 1 aromatic carbocycles. The number of benzene rings is 1. The standard InChI is InChI=1S/C19H33O6PSSi/c1-15-9-11-16(12-10-15)27(22)14-18(25-28(7,8)19(2,3)4)17(20)13-26(21,23-5)24-6/h9-12,18H,13-14H2,1-8H3/t18-,27?/m1/s1. The SMILES string of the molecule is COP(=O)(CC(=O)[C@@H](CS(=O)c1ccc(C)cc1)O[Si](C)(C)C(C)(C)C)OC. The van der Waals surface area contributed by atoms with Gasteiger partial charge in [-0.25, -0.2) is 0 Å². The van der Waals surface area contributed by atoms with Crippen LogP contribution in [0.25, 0.3) is 0 Å². The zero-order valence-corrected chi connectivity index (χ0v) is 20.8. The first-order valence-electron chi connectivity index (χ1n) is 9.11. The van der Waals surface area contributed by atoms with Crippen LogP contribution in [-0.4, -0.2) is 50.5 Å². The molecule has 0 fully saturated rings. The second kappa shape index (κ2) is 9.91. The van der Waals surface area contributed by atoms with Crippen molar-refractivity contribution < 1.29 is 27.0 Å². The van der Waals surface area contributed by atoms with Crippen molar-refractivity contribution in [1.82, 2.24) is 0 Å². The molecule has 1 unspecified atom stereocenters. The summed E-state index contributed by atoms with van der Waals surface area (Å²) in [4.78, 5) is 13.6. The van der Waals surface area contributed by atoms with Gasteiger partial charge in [-0.05, 0) is 37.2 Å². The Morgan fingerprint density at radius 1 is 1.14 bits per heavy atom. The van der Waals surface area contributed by atoms with Crippen LogP contribution in [0, 0.1) is 6.92 Å². The highest BCUT2D eigenvalue weighted by atomic mass is 32.2. The first-order valence-corrected chi connectivity index (χ1v) is 15.1. The topological polar surface area (TPSA) is 78.9 Å². The van der Waals surface area contributed by atoms with Crippen LogP contribution >= 0.6 is 7.60 Å². The number of carbonyl (C=O) groups excluding carboxylic acids is 1. The first kappa shape index (κ1) is 25.4. The van der Waals surface area contributed by atoms with Gasteiger partial charge in [0.25, 0.3) is 0 Å². The van der Waals surface area contributed by atoms with Gasteiger partial charge < -0.3 is 13.5 Å². The summed E-state index contributed by atoms with van der Waals surface area (Å²) in [5.74, 6) is -0.417. The van der Waals surface area contributed by atoms with Gasteiger partial charge in [-0.3, -0.25) is 13.6 Å². The van der Waals surface area contributed by atoms with E-state index in [2.05, 4.69) is 20.8 Å². The lowest BCUT2D eigenvalue weighted by Gasteiger charge is -2.38. The van der Waals surface area contributed by atoms with Crippen LogP contribution in [0.4, 0.5) is 0 Å². The van der Waals surface area contributed by atoms with Crippen molar-refractivity contribution in [2.75, 3.05) is 26.1 Å². The van der Waals surface area contributed by atoms with Crippen LogP contribution in [0.15, 0.2) is 29.2 Å². The van der Waals surface area contributed by atoms with Gasteiger partial charge in [0.2, 0.25) is 0 Å². The molecule has 160 valence electrons. The van der Waals surface area contributed by atoms with Crippen molar-refractivity contribution in [3.8, 4) is 0 Å². The van der Waals surface area contributed by atoms with E-state index in [9.17, 15) is 13.6 Å². The van der Waals surface area contributed by atoms with Gasteiger partial charge in [0, 0.05) is 19.1 Å². The molecule has 0 aliphatic heterocycles. The predicted molar refractivity (Wildman–Crippen MR) is 116 cm³/mol. The summed E-state index contributed by atoms with van der Waals surface area (Å²) in [5, 5.41) is -0.136. The van der Waals surface area contributed by atoms with Crippen molar-refractivity contribution in [3.05, 3.63) is 29.8 Å². The third kappa shape index (κ3) is 7.01. The molecule has 0 amide bonds. The third-order valence-electron chi connectivity index (χ3n) is 5.09. The van der Waals surface area contributed by atoms with Gasteiger partial charge in [-0.1, -0.05) is 38.5 Å².